The van der Waals surface area contributed by atoms with Crippen molar-refractivity contribution < 1.29 is 23.9 Å². The number of methoxy groups -OCH3 is 1. The number of nitrogens with one attached hydrogen (secondary N) is 2. The molecule has 0 radical (unpaired) electrons. The van der Waals surface area contributed by atoms with Gasteiger partial charge in [0.2, 0.25) is 5.91 Å². The molecule has 2 amide bonds. The lowest BCUT2D eigenvalue weighted by molar-refractivity contribution is -0.145. The van der Waals surface area contributed by atoms with Gasteiger partial charge in [0.25, 0.3) is 0 Å². The Kier molecular flexibility index (Phi) is 10.5. The van der Waals surface area contributed by atoms with E-state index in [2.05, 4.69) is 10.6 Å². The van der Waals surface area contributed by atoms with Gasteiger partial charge in [-0.05, 0) is 36.0 Å². The molecule has 7 heteroatoms. The Hall–Kier alpha value is -4.13. The molecule has 36 heavy (non-hydrogen) atoms. The maximum Gasteiger partial charge on any atom is 0.408 e. The minimum atomic E-state index is -0.933. The fourth-order valence-electron chi connectivity index (χ4n) is 3.78. The van der Waals surface area contributed by atoms with Crippen molar-refractivity contribution >= 4 is 18.0 Å². The van der Waals surface area contributed by atoms with Crippen LogP contribution in [-0.2, 0) is 38.5 Å². The zero-order valence-corrected chi connectivity index (χ0v) is 20.4. The summed E-state index contributed by atoms with van der Waals surface area (Å²) in [5, 5.41) is 5.42. The molecule has 0 saturated carbocycles. The van der Waals surface area contributed by atoms with Gasteiger partial charge in [0.1, 0.15) is 18.7 Å². The van der Waals surface area contributed by atoms with E-state index in [1.165, 1.54) is 7.11 Å². The van der Waals surface area contributed by atoms with Gasteiger partial charge >= 0.3 is 12.1 Å². The van der Waals surface area contributed by atoms with Crippen LogP contribution in [0.25, 0.3) is 0 Å². The molecule has 0 unspecified atom stereocenters. The second-order valence-electron chi connectivity index (χ2n) is 8.41. The van der Waals surface area contributed by atoms with E-state index in [4.69, 9.17) is 9.47 Å². The second-order valence-corrected chi connectivity index (χ2v) is 8.41. The first-order chi connectivity index (χ1) is 17.5. The Balaban J connectivity index is 1.63. The van der Waals surface area contributed by atoms with E-state index >= 15 is 0 Å². The molecular weight excluding hydrogens is 456 g/mol. The Morgan fingerprint density at radius 3 is 1.86 bits per heavy atom. The number of esters is 1. The lowest BCUT2D eigenvalue weighted by Crippen LogP contribution is -2.52. The van der Waals surface area contributed by atoms with Crippen LogP contribution in [-0.4, -0.2) is 37.2 Å². The van der Waals surface area contributed by atoms with Crippen molar-refractivity contribution in [3.8, 4) is 0 Å². The third kappa shape index (κ3) is 8.91. The summed E-state index contributed by atoms with van der Waals surface area (Å²) >= 11 is 0. The van der Waals surface area contributed by atoms with Crippen LogP contribution in [0, 0.1) is 0 Å². The van der Waals surface area contributed by atoms with E-state index in [0.717, 1.165) is 23.1 Å². The number of benzene rings is 3. The molecule has 188 valence electrons. The highest BCUT2D eigenvalue weighted by atomic mass is 16.5. The predicted octanol–water partition coefficient (Wildman–Crippen LogP) is 4.20. The third-order valence-corrected chi connectivity index (χ3v) is 5.71. The molecule has 0 fully saturated rings. The van der Waals surface area contributed by atoms with Crippen LogP contribution in [0.1, 0.15) is 29.5 Å². The van der Waals surface area contributed by atoms with E-state index in [1.54, 1.807) is 0 Å². The summed E-state index contributed by atoms with van der Waals surface area (Å²) < 4.78 is 10.2. The van der Waals surface area contributed by atoms with Gasteiger partial charge in [-0.3, -0.25) is 4.79 Å². The SMILES string of the molecule is COC(=O)[C@H](CCCc1ccccc1)NC(=O)[C@H](Cc1ccccc1)NC(=O)OCc1ccccc1. The normalized spacial score (nSPS) is 12.1. The summed E-state index contributed by atoms with van der Waals surface area (Å²) in [6.07, 6.45) is 1.38. The van der Waals surface area contributed by atoms with Gasteiger partial charge in [-0.1, -0.05) is 91.0 Å². The Bertz CT molecular complexity index is 1090. The summed E-state index contributed by atoms with van der Waals surface area (Å²) in [6, 6.07) is 26.8. The lowest BCUT2D eigenvalue weighted by Gasteiger charge is -2.22. The van der Waals surface area contributed by atoms with Crippen molar-refractivity contribution in [3.63, 3.8) is 0 Å². The molecule has 0 saturated heterocycles. The van der Waals surface area contributed by atoms with Crippen molar-refractivity contribution in [1.82, 2.24) is 10.6 Å². The number of carbonyl (C=O) groups excluding carboxylic acids is 3. The van der Waals surface area contributed by atoms with Crippen molar-refractivity contribution in [2.45, 2.75) is 44.4 Å². The first-order valence-corrected chi connectivity index (χ1v) is 12.0. The van der Waals surface area contributed by atoms with E-state index in [9.17, 15) is 14.4 Å². The molecule has 0 bridgehead atoms. The highest BCUT2D eigenvalue weighted by Crippen LogP contribution is 2.10. The van der Waals surface area contributed by atoms with Crippen LogP contribution < -0.4 is 10.6 Å². The third-order valence-electron chi connectivity index (χ3n) is 5.71. The summed E-state index contributed by atoms with van der Waals surface area (Å²) in [5.41, 5.74) is 2.85. The van der Waals surface area contributed by atoms with Gasteiger partial charge in [-0.2, -0.15) is 0 Å². The Morgan fingerprint density at radius 1 is 0.722 bits per heavy atom. The van der Waals surface area contributed by atoms with Gasteiger partial charge < -0.3 is 20.1 Å². The van der Waals surface area contributed by atoms with Crippen molar-refractivity contribution in [1.29, 1.82) is 0 Å². The van der Waals surface area contributed by atoms with Gasteiger partial charge in [0.05, 0.1) is 7.11 Å². The minimum absolute atomic E-state index is 0.0800. The number of hydrogen-bond acceptors (Lipinski definition) is 5. The minimum Gasteiger partial charge on any atom is -0.467 e. The average Bonchev–Trinajstić information content (AvgIpc) is 2.92. The number of carbonyl (C=O) groups is 3. The summed E-state index contributed by atoms with van der Waals surface area (Å²) in [6.45, 7) is 0.0800. The molecule has 0 spiro atoms. The standard InChI is InChI=1S/C29H32N2O5/c1-35-28(33)25(19-11-18-22-12-5-2-6-13-22)30-27(32)26(20-23-14-7-3-8-15-23)31-29(34)36-21-24-16-9-4-10-17-24/h2-10,12-17,25-26H,11,18-21H2,1H3,(H,30,32)(H,31,34)/t25-,26-/m0/s1. The number of alkyl carbamates (subject to hydrolysis) is 1. The molecule has 2 N–H and O–H groups in total. The van der Waals surface area contributed by atoms with E-state index < -0.39 is 30.1 Å². The molecule has 0 aliphatic carbocycles. The van der Waals surface area contributed by atoms with Crippen molar-refractivity contribution in [2.24, 2.45) is 0 Å². The number of amides is 2. The number of rotatable bonds is 12. The molecule has 3 rings (SSSR count). The molecule has 3 aromatic rings. The molecule has 2 atom stereocenters. The van der Waals surface area contributed by atoms with Crippen LogP contribution >= 0.6 is 0 Å². The number of hydrogen-bond donors (Lipinski definition) is 2. The highest BCUT2D eigenvalue weighted by molar-refractivity contribution is 5.89. The van der Waals surface area contributed by atoms with Crippen LogP contribution in [0.3, 0.4) is 0 Å². The molecule has 0 aliphatic rings. The van der Waals surface area contributed by atoms with Crippen LogP contribution in [0.4, 0.5) is 4.79 Å². The maximum absolute atomic E-state index is 13.2. The first-order valence-electron chi connectivity index (χ1n) is 12.0. The predicted molar refractivity (Wildman–Crippen MR) is 137 cm³/mol. The fraction of sp³-hybridized carbons (Fsp3) is 0.276. The fourth-order valence-corrected chi connectivity index (χ4v) is 3.78. The second kappa shape index (κ2) is 14.3. The summed E-state index contributed by atoms with van der Waals surface area (Å²) in [4.78, 5) is 38.2. The van der Waals surface area contributed by atoms with Crippen molar-refractivity contribution in [2.75, 3.05) is 7.11 Å². The van der Waals surface area contributed by atoms with E-state index in [1.807, 2.05) is 91.0 Å². The number of aryl methyl sites for hydroxylation is 1. The van der Waals surface area contributed by atoms with Gasteiger partial charge in [0.15, 0.2) is 0 Å². The lowest BCUT2D eigenvalue weighted by atomic mass is 10.0. The Morgan fingerprint density at radius 2 is 1.28 bits per heavy atom. The molecule has 0 aliphatic heterocycles. The average molecular weight is 489 g/mol. The quantitative estimate of drug-likeness (QED) is 0.373. The van der Waals surface area contributed by atoms with Crippen molar-refractivity contribution in [3.05, 3.63) is 108 Å². The molecular formula is C29H32N2O5. The molecule has 0 aromatic heterocycles. The van der Waals surface area contributed by atoms with Gasteiger partial charge in [-0.25, -0.2) is 9.59 Å². The maximum atomic E-state index is 13.2. The molecule has 7 nitrogen and oxygen atoms in total. The summed E-state index contributed by atoms with van der Waals surface area (Å²) in [7, 11) is 1.29. The van der Waals surface area contributed by atoms with Gasteiger partial charge in [-0.15, -0.1) is 0 Å². The Labute approximate surface area is 211 Å². The number of ether oxygens (including phenoxy) is 2. The topological polar surface area (TPSA) is 93.7 Å². The zero-order valence-electron chi connectivity index (χ0n) is 20.4. The van der Waals surface area contributed by atoms with E-state index in [0.29, 0.717) is 12.8 Å². The molecule has 3 aromatic carbocycles. The largest absolute Gasteiger partial charge is 0.467 e. The highest BCUT2D eigenvalue weighted by Gasteiger charge is 2.27. The van der Waals surface area contributed by atoms with Crippen LogP contribution in [0.5, 0.6) is 0 Å². The van der Waals surface area contributed by atoms with Crippen LogP contribution in [0.2, 0.25) is 0 Å². The first kappa shape index (κ1) is 26.5. The summed E-state index contributed by atoms with van der Waals surface area (Å²) in [5.74, 6) is -1.01. The van der Waals surface area contributed by atoms with Crippen LogP contribution in [0.15, 0.2) is 91.0 Å². The van der Waals surface area contributed by atoms with Gasteiger partial charge in [0, 0.05) is 6.42 Å². The molecule has 0 heterocycles. The zero-order chi connectivity index (χ0) is 25.6. The smallest absolute Gasteiger partial charge is 0.408 e. The van der Waals surface area contributed by atoms with E-state index in [-0.39, 0.29) is 13.0 Å². The monoisotopic (exact) mass is 488 g/mol.